The molecule has 0 amide bonds. The minimum atomic E-state index is -3.10. The van der Waals surface area contributed by atoms with Crippen molar-refractivity contribution in [2.24, 2.45) is 0 Å². The lowest BCUT2D eigenvalue weighted by Crippen LogP contribution is -2.37. The first-order chi connectivity index (χ1) is 6.61. The van der Waals surface area contributed by atoms with Gasteiger partial charge in [0.05, 0.1) is 5.69 Å². The molecule has 14 heavy (non-hydrogen) atoms. The molecule has 0 fully saturated rings. The van der Waals surface area contributed by atoms with E-state index < -0.39 is 12.7 Å². The van der Waals surface area contributed by atoms with E-state index in [9.17, 15) is 8.78 Å². The highest BCUT2D eigenvalue weighted by atomic mass is 19.3. The van der Waals surface area contributed by atoms with Gasteiger partial charge in [-0.15, -0.1) is 0 Å². The smallest absolute Gasteiger partial charge is 0.415 e. The minimum Gasteiger partial charge on any atom is -0.429 e. The van der Waals surface area contributed by atoms with Gasteiger partial charge in [0.2, 0.25) is 0 Å². The van der Waals surface area contributed by atoms with E-state index in [0.29, 0.717) is 5.69 Å². The molecule has 0 aliphatic carbocycles. The summed E-state index contributed by atoms with van der Waals surface area (Å²) >= 11 is 0. The molecule has 0 aromatic heterocycles. The summed E-state index contributed by atoms with van der Waals surface area (Å²) in [6.45, 7) is 1.55. The first-order valence-electron chi connectivity index (χ1n) is 4.54. The van der Waals surface area contributed by atoms with Gasteiger partial charge in [0.25, 0.3) is 0 Å². The largest absolute Gasteiger partial charge is 0.429 e. The van der Waals surface area contributed by atoms with Crippen molar-refractivity contribution in [1.29, 1.82) is 0 Å². The van der Waals surface area contributed by atoms with Crippen molar-refractivity contribution >= 4 is 5.69 Å². The average molecular weight is 199 g/mol. The van der Waals surface area contributed by atoms with Gasteiger partial charge in [-0.1, -0.05) is 13.0 Å². The van der Waals surface area contributed by atoms with Crippen LogP contribution in [0.4, 0.5) is 14.5 Å². The third-order valence-electron chi connectivity index (χ3n) is 2.20. The van der Waals surface area contributed by atoms with Gasteiger partial charge in [-0.25, -0.2) is 0 Å². The maximum atomic E-state index is 12.8. The molecule has 0 spiro atoms. The van der Waals surface area contributed by atoms with Gasteiger partial charge in [0.15, 0.2) is 0 Å². The Morgan fingerprint density at radius 3 is 3.00 bits per heavy atom. The van der Waals surface area contributed by atoms with Crippen LogP contribution in [-0.4, -0.2) is 12.7 Å². The van der Waals surface area contributed by atoms with E-state index in [1.807, 2.05) is 13.0 Å². The maximum absolute atomic E-state index is 12.8. The molecule has 0 saturated heterocycles. The second-order valence-electron chi connectivity index (χ2n) is 3.28. The fourth-order valence-corrected chi connectivity index (χ4v) is 1.42. The van der Waals surface area contributed by atoms with Crippen LogP contribution in [0.25, 0.3) is 0 Å². The maximum Gasteiger partial charge on any atom is 0.415 e. The summed E-state index contributed by atoms with van der Waals surface area (Å²) in [7, 11) is 0. The molecule has 0 radical (unpaired) electrons. The predicted octanol–water partition coefficient (Wildman–Crippen LogP) is 2.65. The first-order valence-corrected chi connectivity index (χ1v) is 4.54. The zero-order valence-electron chi connectivity index (χ0n) is 7.81. The molecule has 0 unspecified atom stereocenters. The Morgan fingerprint density at radius 2 is 2.29 bits per heavy atom. The van der Waals surface area contributed by atoms with Crippen LogP contribution in [0.1, 0.15) is 12.5 Å². The van der Waals surface area contributed by atoms with Gasteiger partial charge in [-0.2, -0.15) is 8.78 Å². The van der Waals surface area contributed by atoms with Crippen LogP contribution >= 0.6 is 0 Å². The lowest BCUT2D eigenvalue weighted by atomic mass is 10.1. The Morgan fingerprint density at radius 1 is 1.50 bits per heavy atom. The highest BCUT2D eigenvalue weighted by Gasteiger charge is 2.35. The predicted molar refractivity (Wildman–Crippen MR) is 49.9 cm³/mol. The zero-order chi connectivity index (χ0) is 10.2. The van der Waals surface area contributed by atoms with Crippen LogP contribution in [0.3, 0.4) is 0 Å². The number of aryl methyl sites for hydroxylation is 1. The van der Waals surface area contributed by atoms with Crippen LogP contribution in [0.5, 0.6) is 5.75 Å². The van der Waals surface area contributed by atoms with Crippen molar-refractivity contribution < 1.29 is 13.5 Å². The first kappa shape index (κ1) is 9.24. The Labute approximate surface area is 80.9 Å². The number of alkyl halides is 2. The van der Waals surface area contributed by atoms with Crippen LogP contribution in [0.2, 0.25) is 0 Å². The highest BCUT2D eigenvalue weighted by Crippen LogP contribution is 2.34. The molecule has 0 atom stereocenters. The number of hydrogen-bond donors (Lipinski definition) is 1. The monoisotopic (exact) mass is 199 g/mol. The SMILES string of the molecule is CCc1ccc2c(c1)NCC(F)(F)O2. The van der Waals surface area contributed by atoms with Gasteiger partial charge >= 0.3 is 6.11 Å². The molecule has 1 heterocycles. The Kier molecular flexibility index (Phi) is 2.06. The number of ether oxygens (including phenoxy) is 1. The van der Waals surface area contributed by atoms with Crippen LogP contribution in [0, 0.1) is 0 Å². The quantitative estimate of drug-likeness (QED) is 0.750. The standard InChI is InChI=1S/C10H11F2NO/c1-2-7-3-4-9-8(5-7)13-6-10(11,12)14-9/h3-5,13H,2,6H2,1H3. The Balaban J connectivity index is 2.32. The minimum absolute atomic E-state index is 0.221. The molecule has 0 bridgehead atoms. The highest BCUT2D eigenvalue weighted by molar-refractivity contribution is 5.59. The number of fused-ring (bicyclic) bond motifs is 1. The van der Waals surface area contributed by atoms with Gasteiger partial charge in [-0.3, -0.25) is 0 Å². The van der Waals surface area contributed by atoms with Crippen molar-refractivity contribution in [1.82, 2.24) is 0 Å². The van der Waals surface area contributed by atoms with E-state index in [1.165, 1.54) is 0 Å². The van der Waals surface area contributed by atoms with E-state index in [1.54, 1.807) is 12.1 Å². The van der Waals surface area contributed by atoms with Crippen molar-refractivity contribution in [3.05, 3.63) is 23.8 Å². The van der Waals surface area contributed by atoms with E-state index in [-0.39, 0.29) is 5.75 Å². The normalized spacial score (nSPS) is 17.9. The Hall–Kier alpha value is -1.32. The zero-order valence-corrected chi connectivity index (χ0v) is 7.81. The second kappa shape index (κ2) is 3.12. The van der Waals surface area contributed by atoms with E-state index in [2.05, 4.69) is 10.1 Å². The van der Waals surface area contributed by atoms with Crippen molar-refractivity contribution in [2.45, 2.75) is 19.5 Å². The summed E-state index contributed by atoms with van der Waals surface area (Å²) in [4.78, 5) is 0. The van der Waals surface area contributed by atoms with Crippen molar-refractivity contribution in [3.8, 4) is 5.75 Å². The molecule has 1 aliphatic rings. The van der Waals surface area contributed by atoms with Gasteiger partial charge in [-0.05, 0) is 24.1 Å². The molecule has 1 aromatic carbocycles. The molecule has 2 rings (SSSR count). The number of benzene rings is 1. The van der Waals surface area contributed by atoms with Gasteiger partial charge in [0, 0.05) is 0 Å². The number of rotatable bonds is 1. The molecular weight excluding hydrogens is 188 g/mol. The second-order valence-corrected chi connectivity index (χ2v) is 3.28. The van der Waals surface area contributed by atoms with Crippen LogP contribution in [0.15, 0.2) is 18.2 Å². The summed E-state index contributed by atoms with van der Waals surface area (Å²) in [5.41, 5.74) is 1.75. The fourth-order valence-electron chi connectivity index (χ4n) is 1.42. The molecule has 4 heteroatoms. The summed E-state index contributed by atoms with van der Waals surface area (Å²) in [5.74, 6) is 0.221. The number of hydrogen-bond acceptors (Lipinski definition) is 2. The molecule has 0 saturated carbocycles. The Bertz CT molecular complexity index is 352. The molecule has 1 aromatic rings. The van der Waals surface area contributed by atoms with Gasteiger partial charge < -0.3 is 10.1 Å². The number of anilines is 1. The van der Waals surface area contributed by atoms with E-state index in [4.69, 9.17) is 0 Å². The average Bonchev–Trinajstić information content (AvgIpc) is 2.16. The lowest BCUT2D eigenvalue weighted by Gasteiger charge is -2.26. The summed E-state index contributed by atoms with van der Waals surface area (Å²) < 4.78 is 30.1. The number of halogens is 2. The number of nitrogens with one attached hydrogen (secondary N) is 1. The van der Waals surface area contributed by atoms with Crippen molar-refractivity contribution in [3.63, 3.8) is 0 Å². The molecule has 76 valence electrons. The summed E-state index contributed by atoms with van der Waals surface area (Å²) in [6.07, 6.45) is -2.22. The lowest BCUT2D eigenvalue weighted by molar-refractivity contribution is -0.166. The van der Waals surface area contributed by atoms with Crippen LogP contribution in [-0.2, 0) is 6.42 Å². The third-order valence-corrected chi connectivity index (χ3v) is 2.20. The topological polar surface area (TPSA) is 21.3 Å². The van der Waals surface area contributed by atoms with Crippen molar-refractivity contribution in [2.75, 3.05) is 11.9 Å². The summed E-state index contributed by atoms with van der Waals surface area (Å²) in [6, 6.07) is 5.21. The third kappa shape index (κ3) is 1.64. The fraction of sp³-hybridized carbons (Fsp3) is 0.400. The van der Waals surface area contributed by atoms with E-state index in [0.717, 1.165) is 12.0 Å². The molecule has 2 nitrogen and oxygen atoms in total. The summed E-state index contributed by atoms with van der Waals surface area (Å²) in [5, 5.41) is 2.65. The van der Waals surface area contributed by atoms with E-state index >= 15 is 0 Å². The molecular formula is C10H11F2NO. The molecule has 1 aliphatic heterocycles. The van der Waals surface area contributed by atoms with Gasteiger partial charge in [0.1, 0.15) is 12.3 Å². The molecule has 1 N–H and O–H groups in total. The van der Waals surface area contributed by atoms with Crippen LogP contribution < -0.4 is 10.1 Å².